The lowest BCUT2D eigenvalue weighted by Gasteiger charge is -2.14. The van der Waals surface area contributed by atoms with Crippen molar-refractivity contribution >= 4 is 11.6 Å². The fraction of sp³-hybridized carbons (Fsp3) is 0.200. The maximum absolute atomic E-state index is 12.2. The first-order valence-corrected chi connectivity index (χ1v) is 6.02. The third kappa shape index (κ3) is 1.50. The summed E-state index contributed by atoms with van der Waals surface area (Å²) in [5, 5.41) is 9.78. The maximum atomic E-state index is 12.2. The Labute approximate surface area is 109 Å². The third-order valence-corrected chi connectivity index (χ3v) is 3.40. The lowest BCUT2D eigenvalue weighted by atomic mass is 9.86. The molecule has 1 aromatic carbocycles. The van der Waals surface area contributed by atoms with Gasteiger partial charge < -0.3 is 9.52 Å². The predicted octanol–water partition coefficient (Wildman–Crippen LogP) is 2.69. The molecule has 1 heterocycles. The van der Waals surface area contributed by atoms with Crippen molar-refractivity contribution in [2.45, 2.75) is 20.0 Å². The third-order valence-electron chi connectivity index (χ3n) is 3.40. The number of Topliss-reactive ketones (excluding diaryl/α,β-unsaturated/α-hetero) is 2. The highest BCUT2D eigenvalue weighted by Crippen LogP contribution is 2.40. The van der Waals surface area contributed by atoms with E-state index in [0.29, 0.717) is 28.2 Å². The molecule has 0 fully saturated rings. The molecule has 0 saturated carbocycles. The number of fused-ring (bicyclic) bond motifs is 3. The first-order chi connectivity index (χ1) is 9.02. The molecule has 0 radical (unpaired) electrons. The molecule has 4 nitrogen and oxygen atoms in total. The van der Waals surface area contributed by atoms with Gasteiger partial charge in [-0.1, -0.05) is 24.3 Å². The van der Waals surface area contributed by atoms with E-state index in [9.17, 15) is 14.7 Å². The van der Waals surface area contributed by atoms with Gasteiger partial charge in [-0.15, -0.1) is 0 Å². The Morgan fingerprint density at radius 3 is 2.37 bits per heavy atom. The SMILES string of the molecule is Cc1oc2c(c1C(C)O)C(=O)C(=O)c1ccccc1-2. The van der Waals surface area contributed by atoms with Crippen molar-refractivity contribution in [3.63, 3.8) is 0 Å². The molecule has 2 aromatic rings. The summed E-state index contributed by atoms with van der Waals surface area (Å²) in [7, 11) is 0. The molecule has 1 atom stereocenters. The van der Waals surface area contributed by atoms with E-state index in [2.05, 4.69) is 0 Å². The van der Waals surface area contributed by atoms with Crippen LogP contribution in [0.1, 0.15) is 45.1 Å². The number of aliphatic hydroxyl groups is 1. The van der Waals surface area contributed by atoms with E-state index >= 15 is 0 Å². The van der Waals surface area contributed by atoms with Crippen LogP contribution in [0.25, 0.3) is 11.3 Å². The largest absolute Gasteiger partial charge is 0.460 e. The summed E-state index contributed by atoms with van der Waals surface area (Å²) in [6, 6.07) is 6.84. The van der Waals surface area contributed by atoms with Gasteiger partial charge in [0.25, 0.3) is 0 Å². The Balaban J connectivity index is 2.40. The Morgan fingerprint density at radius 1 is 1.11 bits per heavy atom. The Morgan fingerprint density at radius 2 is 1.74 bits per heavy atom. The van der Waals surface area contributed by atoms with Crippen LogP contribution in [-0.4, -0.2) is 16.7 Å². The molecule has 1 unspecified atom stereocenters. The number of aliphatic hydroxyl groups excluding tert-OH is 1. The molecule has 1 aromatic heterocycles. The Bertz CT molecular complexity index is 707. The number of carbonyl (C=O) groups excluding carboxylic acids is 2. The van der Waals surface area contributed by atoms with Crippen LogP contribution in [0, 0.1) is 6.92 Å². The second kappa shape index (κ2) is 3.90. The summed E-state index contributed by atoms with van der Waals surface area (Å²) in [5.74, 6) is -0.307. The molecule has 3 rings (SSSR count). The Kier molecular flexibility index (Phi) is 2.43. The van der Waals surface area contributed by atoms with Gasteiger partial charge in [-0.05, 0) is 13.8 Å². The van der Waals surface area contributed by atoms with Gasteiger partial charge in [-0.3, -0.25) is 9.59 Å². The number of aryl methyl sites for hydroxylation is 1. The smallest absolute Gasteiger partial charge is 0.237 e. The van der Waals surface area contributed by atoms with Gasteiger partial charge in [0, 0.05) is 16.7 Å². The second-order valence-corrected chi connectivity index (χ2v) is 4.66. The van der Waals surface area contributed by atoms with Crippen molar-refractivity contribution in [3.05, 3.63) is 46.7 Å². The van der Waals surface area contributed by atoms with Crippen molar-refractivity contribution in [1.29, 1.82) is 0 Å². The summed E-state index contributed by atoms with van der Waals surface area (Å²) >= 11 is 0. The first-order valence-electron chi connectivity index (χ1n) is 6.02. The van der Waals surface area contributed by atoms with Crippen LogP contribution in [0.2, 0.25) is 0 Å². The highest BCUT2D eigenvalue weighted by molar-refractivity contribution is 6.53. The maximum Gasteiger partial charge on any atom is 0.237 e. The predicted molar refractivity (Wildman–Crippen MR) is 68.2 cm³/mol. The second-order valence-electron chi connectivity index (χ2n) is 4.66. The van der Waals surface area contributed by atoms with Crippen molar-refractivity contribution < 1.29 is 19.1 Å². The average Bonchev–Trinajstić information content (AvgIpc) is 2.74. The zero-order valence-electron chi connectivity index (χ0n) is 10.6. The zero-order chi connectivity index (χ0) is 13.7. The van der Waals surface area contributed by atoms with E-state index in [-0.39, 0.29) is 5.56 Å². The van der Waals surface area contributed by atoms with Gasteiger partial charge >= 0.3 is 0 Å². The zero-order valence-corrected chi connectivity index (χ0v) is 10.6. The van der Waals surface area contributed by atoms with Crippen LogP contribution in [0.15, 0.2) is 28.7 Å². The molecule has 19 heavy (non-hydrogen) atoms. The number of rotatable bonds is 1. The van der Waals surface area contributed by atoms with E-state index < -0.39 is 17.7 Å². The molecular weight excluding hydrogens is 244 g/mol. The van der Waals surface area contributed by atoms with E-state index in [1.807, 2.05) is 0 Å². The lowest BCUT2D eigenvalue weighted by molar-refractivity contribution is 0.0812. The topological polar surface area (TPSA) is 67.5 Å². The molecule has 1 aliphatic carbocycles. The van der Waals surface area contributed by atoms with Crippen LogP contribution in [0.5, 0.6) is 0 Å². The standard InChI is InChI=1S/C15H12O4/c1-7(16)11-8(2)19-15-10-6-4-3-5-9(10)13(17)14(18)12(11)15/h3-7,16H,1-2H3. The summed E-state index contributed by atoms with van der Waals surface area (Å²) in [6.07, 6.45) is -0.852. The van der Waals surface area contributed by atoms with E-state index in [1.54, 1.807) is 38.1 Å². The normalized spacial score (nSPS) is 15.1. The molecule has 0 amide bonds. The molecule has 4 heteroatoms. The highest BCUT2D eigenvalue weighted by Gasteiger charge is 2.37. The molecule has 0 bridgehead atoms. The monoisotopic (exact) mass is 256 g/mol. The summed E-state index contributed by atoms with van der Waals surface area (Å²) in [4.78, 5) is 24.3. The van der Waals surface area contributed by atoms with E-state index in [1.165, 1.54) is 0 Å². The minimum Gasteiger partial charge on any atom is -0.460 e. The van der Waals surface area contributed by atoms with Gasteiger partial charge in [-0.25, -0.2) is 0 Å². The number of carbonyl (C=O) groups is 2. The van der Waals surface area contributed by atoms with Crippen LogP contribution in [-0.2, 0) is 0 Å². The van der Waals surface area contributed by atoms with Crippen LogP contribution in [0.3, 0.4) is 0 Å². The minimum atomic E-state index is -0.852. The minimum absolute atomic E-state index is 0.205. The number of furan rings is 1. The lowest BCUT2D eigenvalue weighted by Crippen LogP contribution is -2.21. The first kappa shape index (κ1) is 11.9. The average molecular weight is 256 g/mol. The highest BCUT2D eigenvalue weighted by atomic mass is 16.3. The number of ketones is 2. The van der Waals surface area contributed by atoms with Gasteiger partial charge in [0.15, 0.2) is 0 Å². The molecular formula is C15H12O4. The number of hydrogen-bond acceptors (Lipinski definition) is 4. The van der Waals surface area contributed by atoms with Crippen molar-refractivity contribution in [3.8, 4) is 11.3 Å². The van der Waals surface area contributed by atoms with E-state index in [0.717, 1.165) is 0 Å². The van der Waals surface area contributed by atoms with Gasteiger partial charge in [0.2, 0.25) is 11.6 Å². The molecule has 96 valence electrons. The van der Waals surface area contributed by atoms with Gasteiger partial charge in [0.1, 0.15) is 11.5 Å². The van der Waals surface area contributed by atoms with Gasteiger partial charge in [0.05, 0.1) is 11.7 Å². The molecule has 1 N–H and O–H groups in total. The molecule has 0 aliphatic heterocycles. The van der Waals surface area contributed by atoms with E-state index in [4.69, 9.17) is 4.42 Å². The van der Waals surface area contributed by atoms with Crippen molar-refractivity contribution in [1.82, 2.24) is 0 Å². The molecule has 1 aliphatic rings. The summed E-state index contributed by atoms with van der Waals surface area (Å²) in [5.41, 5.74) is 1.57. The van der Waals surface area contributed by atoms with Crippen LogP contribution < -0.4 is 0 Å². The number of benzene rings is 1. The fourth-order valence-electron chi connectivity index (χ4n) is 2.59. The van der Waals surface area contributed by atoms with Crippen molar-refractivity contribution in [2.75, 3.05) is 0 Å². The van der Waals surface area contributed by atoms with Crippen molar-refractivity contribution in [2.24, 2.45) is 0 Å². The number of hydrogen-bond donors (Lipinski definition) is 1. The summed E-state index contributed by atoms with van der Waals surface area (Å²) in [6.45, 7) is 3.23. The Hall–Kier alpha value is -2.20. The fourth-order valence-corrected chi connectivity index (χ4v) is 2.59. The summed E-state index contributed by atoms with van der Waals surface area (Å²) < 4.78 is 5.61. The quantitative estimate of drug-likeness (QED) is 0.796. The molecule has 0 saturated heterocycles. The van der Waals surface area contributed by atoms with Crippen LogP contribution in [0.4, 0.5) is 0 Å². The van der Waals surface area contributed by atoms with Gasteiger partial charge in [-0.2, -0.15) is 0 Å². The molecule has 0 spiro atoms. The van der Waals surface area contributed by atoms with Crippen LogP contribution >= 0.6 is 0 Å².